The zero-order chi connectivity index (χ0) is 24.0. The molecule has 0 aliphatic heterocycles. The first-order valence-corrected chi connectivity index (χ1v) is 12.8. The topological polar surface area (TPSA) is 54.2 Å². The Morgan fingerprint density at radius 2 is 1.47 bits per heavy atom. The fourth-order valence-electron chi connectivity index (χ4n) is 3.95. The molecule has 0 bridgehead atoms. The molecular formula is C30H38N2O2. The molecule has 0 unspecified atom stereocenters. The third-order valence-electron chi connectivity index (χ3n) is 5.94. The second kappa shape index (κ2) is 14.2. The monoisotopic (exact) mass is 458 g/mol. The first kappa shape index (κ1) is 25.5. The number of hydrogen-bond donors (Lipinski definition) is 1. The summed E-state index contributed by atoms with van der Waals surface area (Å²) in [7, 11) is 0. The van der Waals surface area contributed by atoms with E-state index in [9.17, 15) is 5.11 Å². The Labute approximate surface area is 204 Å². The zero-order valence-corrected chi connectivity index (χ0v) is 20.7. The summed E-state index contributed by atoms with van der Waals surface area (Å²) in [5.41, 5.74) is 4.42. The van der Waals surface area contributed by atoms with Crippen LogP contribution >= 0.6 is 0 Å². The molecule has 0 aliphatic carbocycles. The van der Waals surface area contributed by atoms with Gasteiger partial charge in [0, 0.05) is 17.2 Å². The van der Waals surface area contributed by atoms with E-state index in [1.165, 1.54) is 44.1 Å². The number of unbranched alkanes of at least 4 members (excludes halogenated alkanes) is 6. The molecule has 3 rings (SSSR count). The molecule has 4 nitrogen and oxygen atoms in total. The van der Waals surface area contributed by atoms with E-state index >= 15 is 0 Å². The highest BCUT2D eigenvalue weighted by atomic mass is 16.5. The number of nitrogens with zero attached hydrogens (tertiary/aromatic N) is 2. The minimum Gasteiger partial charge on any atom is -0.507 e. The Kier molecular flexibility index (Phi) is 10.6. The first-order valence-electron chi connectivity index (χ1n) is 12.8. The van der Waals surface area contributed by atoms with Gasteiger partial charge in [-0.25, -0.2) is 0 Å². The van der Waals surface area contributed by atoms with Crippen molar-refractivity contribution in [1.29, 1.82) is 0 Å². The van der Waals surface area contributed by atoms with Gasteiger partial charge in [0.2, 0.25) is 0 Å². The number of benzene rings is 3. The Morgan fingerprint density at radius 1 is 0.706 bits per heavy atom. The van der Waals surface area contributed by atoms with Gasteiger partial charge in [0.15, 0.2) is 0 Å². The molecule has 0 saturated heterocycles. The molecule has 3 aromatic carbocycles. The van der Waals surface area contributed by atoms with Crippen LogP contribution in [0.5, 0.6) is 11.5 Å². The number of aryl methyl sites for hydroxylation is 1. The molecule has 0 fully saturated rings. The van der Waals surface area contributed by atoms with Crippen LogP contribution in [0.4, 0.5) is 11.4 Å². The summed E-state index contributed by atoms with van der Waals surface area (Å²) in [5, 5.41) is 19.8. The van der Waals surface area contributed by atoms with Crippen LogP contribution < -0.4 is 4.74 Å². The van der Waals surface area contributed by atoms with Gasteiger partial charge in [0.05, 0.1) is 18.0 Å². The summed E-state index contributed by atoms with van der Waals surface area (Å²) < 4.78 is 5.86. The average molecular weight is 459 g/mol. The van der Waals surface area contributed by atoms with Crippen LogP contribution in [0, 0.1) is 0 Å². The van der Waals surface area contributed by atoms with E-state index in [4.69, 9.17) is 4.74 Å². The normalized spacial score (nSPS) is 11.2. The van der Waals surface area contributed by atoms with E-state index in [2.05, 4.69) is 36.2 Å². The molecule has 4 heteroatoms. The van der Waals surface area contributed by atoms with Crippen LogP contribution in [-0.2, 0) is 6.42 Å². The standard InChI is InChI=1S/C30H38N2O2/c1-3-5-7-10-14-24-17-20-29(32-31-25-15-11-9-12-16-25)28(22-24)27-19-18-26(23-30(27)33)34-21-13-8-6-4-2/h9,11-12,15-20,22-23,33H,3-8,10,13-14,21H2,1-2H3. The number of aromatic hydroxyl groups is 1. The van der Waals surface area contributed by atoms with Crippen LogP contribution in [0.3, 0.4) is 0 Å². The SMILES string of the molecule is CCCCCCOc1ccc(-c2cc(CCCCCC)ccc2N=Nc2ccccc2)c(O)c1. The van der Waals surface area contributed by atoms with Gasteiger partial charge in [-0.15, -0.1) is 5.11 Å². The molecule has 180 valence electrons. The Balaban J connectivity index is 1.83. The van der Waals surface area contributed by atoms with Crippen LogP contribution in [0.15, 0.2) is 77.0 Å². The largest absolute Gasteiger partial charge is 0.507 e. The van der Waals surface area contributed by atoms with Crippen molar-refractivity contribution in [3.05, 3.63) is 72.3 Å². The number of phenols is 1. The fraction of sp³-hybridized carbons (Fsp3) is 0.400. The molecule has 0 radical (unpaired) electrons. The summed E-state index contributed by atoms with van der Waals surface area (Å²) in [6.45, 7) is 5.10. The molecule has 3 aromatic rings. The highest BCUT2D eigenvalue weighted by Crippen LogP contribution is 2.39. The number of azo groups is 1. The second-order valence-electron chi connectivity index (χ2n) is 8.79. The Morgan fingerprint density at radius 3 is 2.21 bits per heavy atom. The van der Waals surface area contributed by atoms with Crippen molar-refractivity contribution in [3.8, 4) is 22.6 Å². The molecule has 0 aromatic heterocycles. The molecule has 0 spiro atoms. The lowest BCUT2D eigenvalue weighted by molar-refractivity contribution is 0.303. The van der Waals surface area contributed by atoms with Crippen molar-refractivity contribution in [2.24, 2.45) is 10.2 Å². The van der Waals surface area contributed by atoms with Gasteiger partial charge < -0.3 is 9.84 Å². The van der Waals surface area contributed by atoms with Crippen molar-refractivity contribution in [2.45, 2.75) is 71.6 Å². The number of phenolic OH excluding ortho intramolecular Hbond substituents is 1. The van der Waals surface area contributed by atoms with E-state index in [0.717, 1.165) is 41.8 Å². The maximum absolute atomic E-state index is 10.9. The maximum Gasteiger partial charge on any atom is 0.127 e. The molecule has 0 atom stereocenters. The van der Waals surface area contributed by atoms with E-state index in [-0.39, 0.29) is 5.75 Å². The van der Waals surface area contributed by atoms with Gasteiger partial charge in [-0.2, -0.15) is 5.11 Å². The smallest absolute Gasteiger partial charge is 0.127 e. The number of hydrogen-bond acceptors (Lipinski definition) is 4. The Bertz CT molecular complexity index is 1030. The number of ether oxygens (including phenoxy) is 1. The minimum absolute atomic E-state index is 0.199. The van der Waals surface area contributed by atoms with E-state index in [1.807, 2.05) is 48.5 Å². The third-order valence-corrected chi connectivity index (χ3v) is 5.94. The lowest BCUT2D eigenvalue weighted by Gasteiger charge is -2.12. The Hall–Kier alpha value is -3.14. The lowest BCUT2D eigenvalue weighted by atomic mass is 9.97. The third kappa shape index (κ3) is 8.02. The molecule has 34 heavy (non-hydrogen) atoms. The number of rotatable bonds is 14. The lowest BCUT2D eigenvalue weighted by Crippen LogP contribution is -1.97. The van der Waals surface area contributed by atoms with E-state index < -0.39 is 0 Å². The summed E-state index contributed by atoms with van der Waals surface area (Å²) in [6, 6.07) is 21.5. The van der Waals surface area contributed by atoms with Crippen molar-refractivity contribution >= 4 is 11.4 Å². The van der Waals surface area contributed by atoms with E-state index in [1.54, 1.807) is 6.07 Å². The molecule has 0 saturated carbocycles. The fourth-order valence-corrected chi connectivity index (χ4v) is 3.95. The molecular weight excluding hydrogens is 420 g/mol. The predicted octanol–water partition coefficient (Wildman–Crippen LogP) is 9.56. The van der Waals surface area contributed by atoms with Crippen LogP contribution in [0.1, 0.15) is 70.8 Å². The van der Waals surface area contributed by atoms with Gasteiger partial charge in [-0.3, -0.25) is 0 Å². The van der Waals surface area contributed by atoms with Crippen molar-refractivity contribution in [3.63, 3.8) is 0 Å². The van der Waals surface area contributed by atoms with Crippen molar-refractivity contribution < 1.29 is 9.84 Å². The summed E-state index contributed by atoms with van der Waals surface area (Å²) in [6.07, 6.45) is 10.5. The van der Waals surface area contributed by atoms with Gasteiger partial charge in [-0.1, -0.05) is 76.6 Å². The summed E-state index contributed by atoms with van der Waals surface area (Å²) in [4.78, 5) is 0. The quantitative estimate of drug-likeness (QED) is 0.193. The molecule has 0 aliphatic rings. The summed E-state index contributed by atoms with van der Waals surface area (Å²) >= 11 is 0. The molecule has 1 N–H and O–H groups in total. The van der Waals surface area contributed by atoms with Crippen LogP contribution in [-0.4, -0.2) is 11.7 Å². The molecule has 0 heterocycles. The second-order valence-corrected chi connectivity index (χ2v) is 8.79. The first-order chi connectivity index (χ1) is 16.7. The molecule has 0 amide bonds. The van der Waals surface area contributed by atoms with Crippen LogP contribution in [0.25, 0.3) is 11.1 Å². The minimum atomic E-state index is 0.199. The van der Waals surface area contributed by atoms with E-state index in [0.29, 0.717) is 12.4 Å². The highest BCUT2D eigenvalue weighted by Gasteiger charge is 2.12. The predicted molar refractivity (Wildman–Crippen MR) is 142 cm³/mol. The summed E-state index contributed by atoms with van der Waals surface area (Å²) in [5.74, 6) is 0.895. The average Bonchev–Trinajstić information content (AvgIpc) is 2.86. The maximum atomic E-state index is 10.9. The van der Waals surface area contributed by atoms with Gasteiger partial charge in [0.25, 0.3) is 0 Å². The van der Waals surface area contributed by atoms with Crippen molar-refractivity contribution in [1.82, 2.24) is 0 Å². The van der Waals surface area contributed by atoms with Crippen molar-refractivity contribution in [2.75, 3.05) is 6.61 Å². The van der Waals surface area contributed by atoms with Gasteiger partial charge in [-0.05, 0) is 61.2 Å². The van der Waals surface area contributed by atoms with Crippen LogP contribution in [0.2, 0.25) is 0 Å². The highest BCUT2D eigenvalue weighted by molar-refractivity contribution is 5.81. The zero-order valence-electron chi connectivity index (χ0n) is 20.7. The van der Waals surface area contributed by atoms with Gasteiger partial charge in [0.1, 0.15) is 11.5 Å². The van der Waals surface area contributed by atoms with Gasteiger partial charge >= 0.3 is 0 Å².